The SMILES string of the molecule is Cc1ccc(C(C)C)c(OCC(=O)NNC(=S)NC(=O)COc2ccc(Cl)cc2C)c1. The summed E-state index contributed by atoms with van der Waals surface area (Å²) < 4.78 is 11.1. The Kier molecular flexibility index (Phi) is 9.08. The molecule has 0 aromatic heterocycles. The van der Waals surface area contributed by atoms with E-state index in [0.717, 1.165) is 16.7 Å². The first-order chi connectivity index (χ1) is 14.7. The summed E-state index contributed by atoms with van der Waals surface area (Å²) in [6, 6.07) is 11.0. The van der Waals surface area contributed by atoms with E-state index in [1.165, 1.54) is 0 Å². The lowest BCUT2D eigenvalue weighted by molar-refractivity contribution is -0.124. The molecule has 166 valence electrons. The van der Waals surface area contributed by atoms with Crippen molar-refractivity contribution in [2.75, 3.05) is 13.2 Å². The number of ether oxygens (including phenoxy) is 2. The van der Waals surface area contributed by atoms with Crippen molar-refractivity contribution in [3.8, 4) is 11.5 Å². The normalized spacial score (nSPS) is 10.4. The van der Waals surface area contributed by atoms with Crippen LogP contribution in [-0.2, 0) is 9.59 Å². The summed E-state index contributed by atoms with van der Waals surface area (Å²) >= 11 is 10.9. The van der Waals surface area contributed by atoms with Gasteiger partial charge < -0.3 is 9.47 Å². The van der Waals surface area contributed by atoms with Crippen molar-refractivity contribution < 1.29 is 19.1 Å². The van der Waals surface area contributed by atoms with E-state index < -0.39 is 11.8 Å². The van der Waals surface area contributed by atoms with E-state index in [1.807, 2.05) is 32.0 Å². The van der Waals surface area contributed by atoms with Gasteiger partial charge in [-0.1, -0.05) is 37.6 Å². The van der Waals surface area contributed by atoms with Crippen LogP contribution in [0.25, 0.3) is 0 Å². The highest BCUT2D eigenvalue weighted by atomic mass is 35.5. The van der Waals surface area contributed by atoms with Gasteiger partial charge >= 0.3 is 0 Å². The van der Waals surface area contributed by atoms with Crippen molar-refractivity contribution in [1.82, 2.24) is 16.2 Å². The summed E-state index contributed by atoms with van der Waals surface area (Å²) in [4.78, 5) is 24.0. The largest absolute Gasteiger partial charge is 0.483 e. The highest BCUT2D eigenvalue weighted by molar-refractivity contribution is 7.80. The van der Waals surface area contributed by atoms with Crippen molar-refractivity contribution >= 4 is 40.7 Å². The molecule has 31 heavy (non-hydrogen) atoms. The van der Waals surface area contributed by atoms with Crippen LogP contribution in [0.3, 0.4) is 0 Å². The topological polar surface area (TPSA) is 88.7 Å². The fourth-order valence-corrected chi connectivity index (χ4v) is 3.05. The van der Waals surface area contributed by atoms with Crippen LogP contribution in [0.15, 0.2) is 36.4 Å². The molecule has 0 aliphatic heterocycles. The van der Waals surface area contributed by atoms with Crippen LogP contribution in [0.5, 0.6) is 11.5 Å². The molecule has 3 N–H and O–H groups in total. The number of amides is 2. The molecule has 2 rings (SSSR count). The molecule has 0 aliphatic rings. The van der Waals surface area contributed by atoms with Crippen molar-refractivity contribution in [3.05, 3.63) is 58.1 Å². The minimum Gasteiger partial charge on any atom is -0.483 e. The second kappa shape index (κ2) is 11.5. The van der Waals surface area contributed by atoms with E-state index in [1.54, 1.807) is 18.2 Å². The van der Waals surface area contributed by atoms with Gasteiger partial charge in [-0.25, -0.2) is 0 Å². The van der Waals surface area contributed by atoms with Gasteiger partial charge in [-0.3, -0.25) is 25.8 Å². The predicted octanol–water partition coefficient (Wildman–Crippen LogP) is 3.56. The lowest BCUT2D eigenvalue weighted by atomic mass is 10.0. The summed E-state index contributed by atoms with van der Waals surface area (Å²) in [6.07, 6.45) is 0. The molecule has 7 nitrogen and oxygen atoms in total. The van der Waals surface area contributed by atoms with Crippen molar-refractivity contribution in [3.63, 3.8) is 0 Å². The Labute approximate surface area is 192 Å². The van der Waals surface area contributed by atoms with E-state index in [9.17, 15) is 9.59 Å². The third-order valence-corrected chi connectivity index (χ3v) is 4.65. The second-order valence-electron chi connectivity index (χ2n) is 7.23. The van der Waals surface area contributed by atoms with Crippen LogP contribution >= 0.6 is 23.8 Å². The van der Waals surface area contributed by atoms with Gasteiger partial charge in [0, 0.05) is 5.02 Å². The first-order valence-corrected chi connectivity index (χ1v) is 10.4. The lowest BCUT2D eigenvalue weighted by Crippen LogP contribution is -2.50. The molecule has 0 aliphatic carbocycles. The van der Waals surface area contributed by atoms with Crippen LogP contribution < -0.4 is 25.6 Å². The molecule has 0 saturated heterocycles. The van der Waals surface area contributed by atoms with E-state index in [-0.39, 0.29) is 24.2 Å². The van der Waals surface area contributed by atoms with Crippen LogP contribution in [0.4, 0.5) is 0 Å². The average molecular weight is 464 g/mol. The monoisotopic (exact) mass is 463 g/mol. The Bertz CT molecular complexity index is 966. The van der Waals surface area contributed by atoms with Gasteiger partial charge in [-0.15, -0.1) is 0 Å². The van der Waals surface area contributed by atoms with Gasteiger partial charge in [-0.05, 0) is 72.9 Å². The number of hydrogen-bond donors (Lipinski definition) is 3. The number of hydrazine groups is 1. The molecule has 2 amide bonds. The molecule has 2 aromatic carbocycles. The van der Waals surface area contributed by atoms with Crippen LogP contribution in [-0.4, -0.2) is 30.1 Å². The molecule has 0 radical (unpaired) electrons. The molecule has 0 saturated carbocycles. The van der Waals surface area contributed by atoms with Crippen molar-refractivity contribution in [2.24, 2.45) is 0 Å². The standard InChI is InChI=1S/C22H26ClN3O4S/c1-13(2)17-7-5-14(3)9-19(17)30-12-21(28)25-26-22(31)24-20(27)11-29-18-8-6-16(23)10-15(18)4/h5-10,13H,11-12H2,1-4H3,(H,25,28)(H2,24,26,27,31). The maximum atomic E-state index is 12.0. The highest BCUT2D eigenvalue weighted by Crippen LogP contribution is 2.27. The quantitative estimate of drug-likeness (QED) is 0.430. The minimum atomic E-state index is -0.473. The Balaban J connectivity index is 1.74. The fraction of sp³-hybridized carbons (Fsp3) is 0.318. The van der Waals surface area contributed by atoms with Crippen molar-refractivity contribution in [2.45, 2.75) is 33.6 Å². The average Bonchev–Trinajstić information content (AvgIpc) is 2.69. The Morgan fingerprint density at radius 2 is 1.65 bits per heavy atom. The Morgan fingerprint density at radius 1 is 0.968 bits per heavy atom. The van der Waals surface area contributed by atoms with Gasteiger partial charge in [0.2, 0.25) is 0 Å². The Morgan fingerprint density at radius 3 is 2.32 bits per heavy atom. The molecule has 0 heterocycles. The molecular formula is C22H26ClN3O4S. The molecule has 2 aromatic rings. The van der Waals surface area contributed by atoms with E-state index in [4.69, 9.17) is 33.3 Å². The lowest BCUT2D eigenvalue weighted by Gasteiger charge is -2.15. The molecular weight excluding hydrogens is 438 g/mol. The molecule has 0 unspecified atom stereocenters. The smallest absolute Gasteiger partial charge is 0.276 e. The van der Waals surface area contributed by atoms with E-state index >= 15 is 0 Å². The first-order valence-electron chi connectivity index (χ1n) is 9.66. The van der Waals surface area contributed by atoms with Gasteiger partial charge in [0.05, 0.1) is 0 Å². The van der Waals surface area contributed by atoms with E-state index in [2.05, 4.69) is 30.0 Å². The number of thiocarbonyl (C=S) groups is 1. The van der Waals surface area contributed by atoms with Gasteiger partial charge in [0.1, 0.15) is 11.5 Å². The summed E-state index contributed by atoms with van der Waals surface area (Å²) in [5, 5.41) is 2.94. The van der Waals surface area contributed by atoms with Gasteiger partial charge in [-0.2, -0.15) is 0 Å². The zero-order valence-electron chi connectivity index (χ0n) is 17.9. The zero-order valence-corrected chi connectivity index (χ0v) is 19.4. The summed E-state index contributed by atoms with van der Waals surface area (Å²) in [7, 11) is 0. The number of halogens is 1. The number of carbonyl (C=O) groups is 2. The molecule has 0 bridgehead atoms. The van der Waals surface area contributed by atoms with Gasteiger partial charge in [0.25, 0.3) is 11.8 Å². The molecule has 0 spiro atoms. The molecule has 0 atom stereocenters. The number of carbonyl (C=O) groups excluding carboxylic acids is 2. The highest BCUT2D eigenvalue weighted by Gasteiger charge is 2.11. The summed E-state index contributed by atoms with van der Waals surface area (Å²) in [5.74, 6) is 0.550. The number of hydrogen-bond acceptors (Lipinski definition) is 5. The van der Waals surface area contributed by atoms with Gasteiger partial charge in [0.15, 0.2) is 18.3 Å². The number of benzene rings is 2. The Hall–Kier alpha value is -2.84. The molecule has 0 fully saturated rings. The minimum absolute atomic E-state index is 0.0618. The van der Waals surface area contributed by atoms with Crippen LogP contribution in [0, 0.1) is 13.8 Å². The summed E-state index contributed by atoms with van der Waals surface area (Å²) in [5.41, 5.74) is 7.71. The number of rotatable bonds is 7. The first kappa shape index (κ1) is 24.4. The predicted molar refractivity (Wildman–Crippen MR) is 124 cm³/mol. The zero-order chi connectivity index (χ0) is 23.0. The van der Waals surface area contributed by atoms with Crippen molar-refractivity contribution in [1.29, 1.82) is 0 Å². The second-order valence-corrected chi connectivity index (χ2v) is 8.08. The fourth-order valence-electron chi connectivity index (χ4n) is 2.66. The van der Waals surface area contributed by atoms with E-state index in [0.29, 0.717) is 16.5 Å². The number of nitrogens with one attached hydrogen (secondary N) is 3. The maximum absolute atomic E-state index is 12.0. The summed E-state index contributed by atoms with van der Waals surface area (Å²) in [6.45, 7) is 7.44. The third kappa shape index (κ3) is 8.07. The third-order valence-electron chi connectivity index (χ3n) is 4.21. The molecule has 9 heteroatoms. The van der Waals surface area contributed by atoms with Crippen LogP contribution in [0.2, 0.25) is 5.02 Å². The van der Waals surface area contributed by atoms with Crippen LogP contribution in [0.1, 0.15) is 36.5 Å². The maximum Gasteiger partial charge on any atom is 0.276 e. The number of aryl methyl sites for hydroxylation is 2.